The molecular formula is C3H9BO2. The van der Waals surface area contributed by atoms with E-state index in [0.29, 0.717) is 0 Å². The van der Waals surface area contributed by atoms with E-state index in [2.05, 4.69) is 6.58 Å². The van der Waals surface area contributed by atoms with Crippen molar-refractivity contribution in [2.24, 2.45) is 0 Å². The van der Waals surface area contributed by atoms with Gasteiger partial charge in [0.05, 0.1) is 0 Å². The van der Waals surface area contributed by atoms with Crippen molar-refractivity contribution in [3.05, 3.63) is 12.7 Å². The van der Waals surface area contributed by atoms with Gasteiger partial charge in [0.25, 0.3) is 0 Å². The zero-order valence-electron chi connectivity index (χ0n) is 3.89. The molecule has 0 atom stereocenters. The standard InChI is InChI=1S/C3H6.BH3O2/c1-3-2;2-1-3/h3H,1H2,2H3;1-3H. The molecule has 0 fully saturated rings. The van der Waals surface area contributed by atoms with Gasteiger partial charge in [0.1, 0.15) is 0 Å². The summed E-state index contributed by atoms with van der Waals surface area (Å²) in [6.07, 6.45) is 1.75. The zero-order valence-corrected chi connectivity index (χ0v) is 3.89. The summed E-state index contributed by atoms with van der Waals surface area (Å²) in [5, 5.41) is 14.2. The van der Waals surface area contributed by atoms with Gasteiger partial charge in [-0.05, 0) is 6.92 Å². The van der Waals surface area contributed by atoms with Crippen molar-refractivity contribution < 1.29 is 10.0 Å². The van der Waals surface area contributed by atoms with Gasteiger partial charge in [-0.15, -0.1) is 6.58 Å². The van der Waals surface area contributed by atoms with E-state index >= 15 is 0 Å². The Balaban J connectivity index is 0. The molecule has 0 bridgehead atoms. The van der Waals surface area contributed by atoms with Crippen LogP contribution >= 0.6 is 0 Å². The lowest BCUT2D eigenvalue weighted by molar-refractivity contribution is 0.448. The molecule has 0 unspecified atom stereocenters. The van der Waals surface area contributed by atoms with E-state index in [0.717, 1.165) is 0 Å². The quantitative estimate of drug-likeness (QED) is 0.307. The summed E-state index contributed by atoms with van der Waals surface area (Å²) < 4.78 is 0. The molecule has 0 heterocycles. The summed E-state index contributed by atoms with van der Waals surface area (Å²) in [5.41, 5.74) is 0. The van der Waals surface area contributed by atoms with Gasteiger partial charge in [-0.25, -0.2) is 0 Å². The third-order valence-corrected chi connectivity index (χ3v) is 0. The minimum atomic E-state index is -0.750. The van der Waals surface area contributed by atoms with Crippen molar-refractivity contribution in [1.29, 1.82) is 0 Å². The highest BCUT2D eigenvalue weighted by Gasteiger charge is 1.48. The van der Waals surface area contributed by atoms with Crippen molar-refractivity contribution in [2.75, 3.05) is 0 Å². The SMILES string of the molecule is C=CC.OBO. The van der Waals surface area contributed by atoms with E-state index in [1.807, 2.05) is 6.92 Å². The van der Waals surface area contributed by atoms with Crippen LogP contribution in [0, 0.1) is 0 Å². The van der Waals surface area contributed by atoms with Crippen LogP contribution in [0.4, 0.5) is 0 Å². The first-order valence-corrected chi connectivity index (χ1v) is 1.62. The summed E-state index contributed by atoms with van der Waals surface area (Å²) in [6, 6.07) is 0. The molecule has 0 aromatic carbocycles. The predicted octanol–water partition coefficient (Wildman–Crippen LogP) is -0.570. The van der Waals surface area contributed by atoms with Crippen LogP contribution in [-0.2, 0) is 0 Å². The van der Waals surface area contributed by atoms with Gasteiger partial charge in [0, 0.05) is 0 Å². The lowest BCUT2D eigenvalue weighted by Gasteiger charge is -1.48. The molecule has 0 aliphatic heterocycles. The normalized spacial score (nSPS) is 4.50. The van der Waals surface area contributed by atoms with Gasteiger partial charge in [-0.1, -0.05) is 6.08 Å². The van der Waals surface area contributed by atoms with Gasteiger partial charge in [0.2, 0.25) is 0 Å². The Kier molecular flexibility index (Phi) is 33.8. The minimum Gasteiger partial charge on any atom is -0.430 e. The monoisotopic (exact) mass is 88.1 g/mol. The first-order valence-electron chi connectivity index (χ1n) is 1.62. The van der Waals surface area contributed by atoms with E-state index in [1.54, 1.807) is 6.08 Å². The summed E-state index contributed by atoms with van der Waals surface area (Å²) in [7, 11) is -0.750. The predicted molar refractivity (Wildman–Crippen MR) is 27.5 cm³/mol. The molecule has 0 saturated heterocycles. The molecule has 6 heavy (non-hydrogen) atoms. The smallest absolute Gasteiger partial charge is 0.430 e. The van der Waals surface area contributed by atoms with Crippen LogP contribution in [0.25, 0.3) is 0 Å². The molecule has 0 rings (SSSR count). The largest absolute Gasteiger partial charge is 0.432 e. The van der Waals surface area contributed by atoms with E-state index in [-0.39, 0.29) is 0 Å². The second-order valence-electron chi connectivity index (χ2n) is 0.550. The zero-order chi connectivity index (χ0) is 5.41. The third-order valence-electron chi connectivity index (χ3n) is 0. The fourth-order valence-electron chi connectivity index (χ4n) is 0. The molecular weight excluding hydrogens is 78.8 g/mol. The highest BCUT2D eigenvalue weighted by molar-refractivity contribution is 6.13. The van der Waals surface area contributed by atoms with Crippen LogP contribution in [0.2, 0.25) is 0 Å². The maximum Gasteiger partial charge on any atom is 0.432 e. The molecule has 0 saturated carbocycles. The van der Waals surface area contributed by atoms with Crippen LogP contribution in [-0.4, -0.2) is 17.7 Å². The number of hydrogen-bond donors (Lipinski definition) is 2. The second-order valence-corrected chi connectivity index (χ2v) is 0.550. The van der Waals surface area contributed by atoms with Crippen LogP contribution in [0.3, 0.4) is 0 Å². The Hall–Kier alpha value is -0.275. The summed E-state index contributed by atoms with van der Waals surface area (Å²) in [6.45, 7) is 5.25. The van der Waals surface area contributed by atoms with Crippen molar-refractivity contribution in [1.82, 2.24) is 0 Å². The average Bonchev–Trinajstić information content (AvgIpc) is 1.39. The fourth-order valence-corrected chi connectivity index (χ4v) is 0. The van der Waals surface area contributed by atoms with Crippen molar-refractivity contribution >= 4 is 7.69 Å². The van der Waals surface area contributed by atoms with E-state index in [9.17, 15) is 0 Å². The fraction of sp³-hybridized carbons (Fsp3) is 0.333. The second kappa shape index (κ2) is 22.0. The lowest BCUT2D eigenvalue weighted by atomic mass is 10.5. The summed E-state index contributed by atoms with van der Waals surface area (Å²) in [4.78, 5) is 0. The topological polar surface area (TPSA) is 40.5 Å². The van der Waals surface area contributed by atoms with E-state index in [4.69, 9.17) is 10.0 Å². The Bertz CT molecular complexity index is 22.8. The average molecular weight is 87.9 g/mol. The summed E-state index contributed by atoms with van der Waals surface area (Å²) in [5.74, 6) is 0. The molecule has 3 heteroatoms. The summed E-state index contributed by atoms with van der Waals surface area (Å²) >= 11 is 0. The molecule has 2 N–H and O–H groups in total. The van der Waals surface area contributed by atoms with Crippen LogP contribution in [0.1, 0.15) is 6.92 Å². The van der Waals surface area contributed by atoms with Crippen molar-refractivity contribution in [3.8, 4) is 0 Å². The minimum absolute atomic E-state index is 0.750. The van der Waals surface area contributed by atoms with Crippen molar-refractivity contribution in [2.45, 2.75) is 6.92 Å². The first-order chi connectivity index (χ1) is 2.83. The molecule has 36 valence electrons. The molecule has 0 radical (unpaired) electrons. The molecule has 0 spiro atoms. The highest BCUT2D eigenvalue weighted by Crippen LogP contribution is 1.38. The van der Waals surface area contributed by atoms with Gasteiger partial charge >= 0.3 is 7.69 Å². The molecule has 0 aromatic heterocycles. The van der Waals surface area contributed by atoms with Crippen LogP contribution in [0.15, 0.2) is 12.7 Å². The van der Waals surface area contributed by atoms with E-state index in [1.165, 1.54) is 0 Å². The van der Waals surface area contributed by atoms with Crippen LogP contribution in [0.5, 0.6) is 0 Å². The lowest BCUT2D eigenvalue weighted by Crippen LogP contribution is -1.75. The van der Waals surface area contributed by atoms with E-state index < -0.39 is 7.69 Å². The molecule has 0 aliphatic rings. The van der Waals surface area contributed by atoms with Crippen molar-refractivity contribution in [3.63, 3.8) is 0 Å². The Morgan fingerprint density at radius 1 is 1.67 bits per heavy atom. The number of rotatable bonds is 0. The number of allylic oxidation sites excluding steroid dienone is 1. The van der Waals surface area contributed by atoms with Gasteiger partial charge < -0.3 is 10.0 Å². The molecule has 0 amide bonds. The van der Waals surface area contributed by atoms with Crippen LogP contribution < -0.4 is 0 Å². The first kappa shape index (κ1) is 9.21. The third kappa shape index (κ3) is 366. The maximum absolute atomic E-state index is 7.12. The van der Waals surface area contributed by atoms with Gasteiger partial charge in [0.15, 0.2) is 0 Å². The Morgan fingerprint density at radius 3 is 1.67 bits per heavy atom. The maximum atomic E-state index is 7.12. The van der Waals surface area contributed by atoms with Gasteiger partial charge in [-0.3, -0.25) is 0 Å². The Morgan fingerprint density at radius 2 is 1.67 bits per heavy atom. The highest BCUT2D eigenvalue weighted by atomic mass is 16.4. The Labute approximate surface area is 38.4 Å². The molecule has 0 aromatic rings. The number of hydrogen-bond acceptors (Lipinski definition) is 2. The van der Waals surface area contributed by atoms with Gasteiger partial charge in [-0.2, -0.15) is 0 Å². The molecule has 0 aliphatic carbocycles. The molecule has 2 nitrogen and oxygen atoms in total.